The number of nitrogens with one attached hydrogen (secondary N) is 2. The molecule has 3 amide bonds. The summed E-state index contributed by atoms with van der Waals surface area (Å²) < 4.78 is 0. The van der Waals surface area contributed by atoms with Crippen LogP contribution in [-0.4, -0.2) is 30.1 Å². The average Bonchev–Trinajstić information content (AvgIpc) is 2.63. The molecular weight excluding hydrogens is 266 g/mol. The molecule has 2 N–H and O–H groups in total. The Morgan fingerprint density at radius 1 is 1.29 bits per heavy atom. The zero-order chi connectivity index (χ0) is 15.6. The summed E-state index contributed by atoms with van der Waals surface area (Å²) in [7, 11) is 0. The number of fused-ring (bicyclic) bond motifs is 1. The molecule has 0 saturated carbocycles. The topological polar surface area (TPSA) is 61.4 Å². The Morgan fingerprint density at radius 2 is 1.95 bits per heavy atom. The number of urea groups is 1. The van der Waals surface area contributed by atoms with Crippen LogP contribution in [0.2, 0.25) is 0 Å². The van der Waals surface area contributed by atoms with Crippen LogP contribution in [0.4, 0.5) is 10.5 Å². The van der Waals surface area contributed by atoms with Gasteiger partial charge in [0.25, 0.3) is 0 Å². The van der Waals surface area contributed by atoms with Gasteiger partial charge in [0.05, 0.1) is 6.54 Å². The van der Waals surface area contributed by atoms with Crippen LogP contribution in [0, 0.1) is 0 Å². The number of hydrogen-bond acceptors (Lipinski definition) is 3. The van der Waals surface area contributed by atoms with E-state index < -0.39 is 6.03 Å². The van der Waals surface area contributed by atoms with Crippen molar-refractivity contribution in [2.75, 3.05) is 11.4 Å². The number of amides is 3. The highest BCUT2D eigenvalue weighted by Crippen LogP contribution is 2.31. The Morgan fingerprint density at radius 3 is 2.62 bits per heavy atom. The van der Waals surface area contributed by atoms with E-state index in [2.05, 4.69) is 23.6 Å². The molecule has 5 heteroatoms. The fourth-order valence-corrected chi connectivity index (χ4v) is 2.56. The second kappa shape index (κ2) is 5.76. The summed E-state index contributed by atoms with van der Waals surface area (Å²) in [5.74, 6) is -0.291. The number of carbonyl (C=O) groups is 2. The van der Waals surface area contributed by atoms with E-state index in [1.807, 2.05) is 43.9 Å². The fraction of sp³-hybridized carbons (Fsp3) is 0.500. The molecule has 2 rings (SSSR count). The highest BCUT2D eigenvalue weighted by molar-refractivity contribution is 5.97. The first-order chi connectivity index (χ1) is 9.76. The molecule has 0 bridgehead atoms. The van der Waals surface area contributed by atoms with Crippen molar-refractivity contribution in [1.29, 1.82) is 0 Å². The number of imide groups is 1. The van der Waals surface area contributed by atoms with Crippen molar-refractivity contribution >= 4 is 17.6 Å². The van der Waals surface area contributed by atoms with Crippen molar-refractivity contribution in [2.24, 2.45) is 0 Å². The Balaban J connectivity index is 1.96. The van der Waals surface area contributed by atoms with Crippen molar-refractivity contribution in [3.63, 3.8) is 0 Å². The van der Waals surface area contributed by atoms with Crippen LogP contribution in [0.1, 0.15) is 33.3 Å². The molecule has 114 valence electrons. The first-order valence-corrected chi connectivity index (χ1v) is 7.23. The second-order valence-corrected chi connectivity index (χ2v) is 6.56. The van der Waals surface area contributed by atoms with E-state index in [1.165, 1.54) is 5.56 Å². The number of benzene rings is 1. The molecule has 1 aliphatic rings. The van der Waals surface area contributed by atoms with Crippen molar-refractivity contribution in [3.8, 4) is 0 Å². The molecule has 5 nitrogen and oxygen atoms in total. The predicted octanol–water partition coefficient (Wildman–Crippen LogP) is 2.06. The van der Waals surface area contributed by atoms with Gasteiger partial charge in [-0.25, -0.2) is 4.79 Å². The van der Waals surface area contributed by atoms with Crippen LogP contribution in [0.15, 0.2) is 24.3 Å². The van der Waals surface area contributed by atoms with Gasteiger partial charge in [-0.05, 0) is 45.7 Å². The van der Waals surface area contributed by atoms with Crippen LogP contribution in [0.5, 0.6) is 0 Å². The summed E-state index contributed by atoms with van der Waals surface area (Å²) >= 11 is 0. The normalized spacial score (nSPS) is 17.3. The van der Waals surface area contributed by atoms with E-state index in [1.54, 1.807) is 0 Å². The SMILES string of the molecule is C[C@H]1Cc2ccccc2N1CC(=O)NC(=O)NC(C)(C)C. The van der Waals surface area contributed by atoms with Gasteiger partial charge in [-0.1, -0.05) is 18.2 Å². The summed E-state index contributed by atoms with van der Waals surface area (Å²) in [4.78, 5) is 25.8. The molecule has 1 atom stereocenters. The van der Waals surface area contributed by atoms with Gasteiger partial charge in [-0.2, -0.15) is 0 Å². The van der Waals surface area contributed by atoms with E-state index in [-0.39, 0.29) is 24.0 Å². The maximum atomic E-state index is 12.0. The Kier molecular flexibility index (Phi) is 4.21. The van der Waals surface area contributed by atoms with Gasteiger partial charge in [0, 0.05) is 17.3 Å². The van der Waals surface area contributed by atoms with Gasteiger partial charge in [-0.15, -0.1) is 0 Å². The standard InChI is InChI=1S/C16H23N3O2/c1-11-9-12-7-5-6-8-13(12)19(11)10-14(20)17-15(21)18-16(2,3)4/h5-8,11H,9-10H2,1-4H3,(H2,17,18,20,21)/t11-/m0/s1. The molecule has 21 heavy (non-hydrogen) atoms. The molecule has 0 saturated heterocycles. The number of anilines is 1. The number of nitrogens with zero attached hydrogens (tertiary/aromatic N) is 1. The first-order valence-electron chi connectivity index (χ1n) is 7.23. The summed E-state index contributed by atoms with van der Waals surface area (Å²) in [6, 6.07) is 7.88. The maximum Gasteiger partial charge on any atom is 0.321 e. The molecule has 1 aliphatic heterocycles. The fourth-order valence-electron chi connectivity index (χ4n) is 2.56. The third-order valence-corrected chi connectivity index (χ3v) is 3.40. The van der Waals surface area contributed by atoms with Crippen LogP contribution in [0.3, 0.4) is 0 Å². The number of carbonyl (C=O) groups excluding carboxylic acids is 2. The average molecular weight is 289 g/mol. The molecule has 1 aromatic carbocycles. The van der Waals surface area contributed by atoms with E-state index in [0.29, 0.717) is 0 Å². The molecule has 0 spiro atoms. The van der Waals surface area contributed by atoms with Gasteiger partial charge < -0.3 is 10.2 Å². The van der Waals surface area contributed by atoms with Crippen molar-refractivity contribution in [1.82, 2.24) is 10.6 Å². The highest BCUT2D eigenvalue weighted by Gasteiger charge is 2.27. The van der Waals surface area contributed by atoms with Gasteiger partial charge in [0.1, 0.15) is 0 Å². The summed E-state index contributed by atoms with van der Waals surface area (Å²) in [6.07, 6.45) is 0.928. The van der Waals surface area contributed by atoms with Gasteiger partial charge >= 0.3 is 6.03 Å². The van der Waals surface area contributed by atoms with Gasteiger partial charge in [0.15, 0.2) is 0 Å². The van der Waals surface area contributed by atoms with Crippen LogP contribution < -0.4 is 15.5 Å². The van der Waals surface area contributed by atoms with E-state index >= 15 is 0 Å². The lowest BCUT2D eigenvalue weighted by atomic mass is 10.1. The monoisotopic (exact) mass is 289 g/mol. The molecule has 0 radical (unpaired) electrons. The van der Waals surface area contributed by atoms with E-state index in [9.17, 15) is 9.59 Å². The Bertz CT molecular complexity index is 549. The van der Waals surface area contributed by atoms with Crippen molar-refractivity contribution in [3.05, 3.63) is 29.8 Å². The summed E-state index contributed by atoms with van der Waals surface area (Å²) in [5.41, 5.74) is 1.96. The molecule has 0 fully saturated rings. The van der Waals surface area contributed by atoms with Crippen LogP contribution >= 0.6 is 0 Å². The third kappa shape index (κ3) is 3.97. The maximum absolute atomic E-state index is 12.0. The second-order valence-electron chi connectivity index (χ2n) is 6.56. The van der Waals surface area contributed by atoms with Gasteiger partial charge in [0.2, 0.25) is 5.91 Å². The van der Waals surface area contributed by atoms with Crippen LogP contribution in [0.25, 0.3) is 0 Å². The predicted molar refractivity (Wildman–Crippen MR) is 83.4 cm³/mol. The quantitative estimate of drug-likeness (QED) is 0.876. The van der Waals surface area contributed by atoms with Crippen LogP contribution in [-0.2, 0) is 11.2 Å². The zero-order valence-corrected chi connectivity index (χ0v) is 13.1. The molecular formula is C16H23N3O2. The van der Waals surface area contributed by atoms with E-state index in [4.69, 9.17) is 0 Å². The molecule has 0 aliphatic carbocycles. The summed E-state index contributed by atoms with van der Waals surface area (Å²) in [5, 5.41) is 5.10. The first kappa shape index (κ1) is 15.4. The Labute approximate surface area is 125 Å². The minimum atomic E-state index is -0.451. The lowest BCUT2D eigenvalue weighted by Gasteiger charge is -2.25. The number of hydrogen-bond donors (Lipinski definition) is 2. The minimum Gasteiger partial charge on any atom is -0.359 e. The van der Waals surface area contributed by atoms with Crippen molar-refractivity contribution < 1.29 is 9.59 Å². The Hall–Kier alpha value is -2.04. The smallest absolute Gasteiger partial charge is 0.321 e. The molecule has 1 heterocycles. The summed E-state index contributed by atoms with van der Waals surface area (Å²) in [6.45, 7) is 7.89. The third-order valence-electron chi connectivity index (χ3n) is 3.40. The molecule has 0 unspecified atom stereocenters. The number of rotatable bonds is 2. The number of para-hydroxylation sites is 1. The zero-order valence-electron chi connectivity index (χ0n) is 13.1. The minimum absolute atomic E-state index is 0.190. The molecule has 0 aromatic heterocycles. The lowest BCUT2D eigenvalue weighted by molar-refractivity contribution is -0.118. The lowest BCUT2D eigenvalue weighted by Crippen LogP contribution is -2.50. The largest absolute Gasteiger partial charge is 0.359 e. The highest BCUT2D eigenvalue weighted by atomic mass is 16.2. The van der Waals surface area contributed by atoms with E-state index in [0.717, 1.165) is 12.1 Å². The molecule has 1 aromatic rings. The van der Waals surface area contributed by atoms with Crippen molar-refractivity contribution in [2.45, 2.75) is 45.7 Å². The van der Waals surface area contributed by atoms with Gasteiger partial charge in [-0.3, -0.25) is 10.1 Å².